The Bertz CT molecular complexity index is 515. The summed E-state index contributed by atoms with van der Waals surface area (Å²) < 4.78 is 6.38. The van der Waals surface area contributed by atoms with Crippen LogP contribution in [-0.2, 0) is 4.74 Å². The number of ether oxygens (including phenoxy) is 1. The number of hydrogen-bond donors (Lipinski definition) is 3. The number of carbonyl (C=O) groups is 1. The Morgan fingerprint density at radius 2 is 2.42 bits per heavy atom. The summed E-state index contributed by atoms with van der Waals surface area (Å²) in [6.07, 6.45) is -1.46. The van der Waals surface area contributed by atoms with Crippen molar-refractivity contribution in [1.82, 2.24) is 9.55 Å². The second kappa shape index (κ2) is 4.91. The molecule has 2 heterocycles. The van der Waals surface area contributed by atoms with Crippen LogP contribution in [-0.4, -0.2) is 49.4 Å². The number of amides is 1. The third-order valence-corrected chi connectivity index (χ3v) is 2.88. The van der Waals surface area contributed by atoms with E-state index in [0.29, 0.717) is 0 Å². The van der Waals surface area contributed by atoms with Gasteiger partial charge in [0.25, 0.3) is 5.91 Å². The second-order valence-electron chi connectivity index (χ2n) is 4.06. The number of nitrogens with zero attached hydrogens (tertiary/aromatic N) is 3. The quantitative estimate of drug-likeness (QED) is 0.446. The van der Waals surface area contributed by atoms with Crippen LogP contribution in [0.1, 0.15) is 23.1 Å². The van der Waals surface area contributed by atoms with E-state index in [-0.39, 0.29) is 6.42 Å². The molecule has 1 aliphatic heterocycles. The van der Waals surface area contributed by atoms with Gasteiger partial charge in [-0.15, -0.1) is 0 Å². The fourth-order valence-electron chi connectivity index (χ4n) is 1.99. The third-order valence-electron chi connectivity index (χ3n) is 2.88. The summed E-state index contributed by atoms with van der Waals surface area (Å²) in [4.78, 5) is 24.7. The van der Waals surface area contributed by atoms with E-state index in [2.05, 4.69) is 4.98 Å². The molecule has 0 saturated carbocycles. The van der Waals surface area contributed by atoms with E-state index in [0.717, 1.165) is 10.9 Å². The second-order valence-corrected chi connectivity index (χ2v) is 4.06. The van der Waals surface area contributed by atoms with Crippen molar-refractivity contribution >= 4 is 11.7 Å². The highest BCUT2D eigenvalue weighted by Crippen LogP contribution is 2.31. The van der Waals surface area contributed by atoms with Crippen LogP contribution >= 0.6 is 0 Å². The lowest BCUT2D eigenvalue weighted by atomic mass is 10.2. The number of aliphatic hydroxyl groups is 2. The van der Waals surface area contributed by atoms with E-state index >= 15 is 0 Å². The molecule has 1 aliphatic rings. The van der Waals surface area contributed by atoms with E-state index in [1.165, 1.54) is 0 Å². The molecule has 0 spiro atoms. The highest BCUT2D eigenvalue weighted by atomic mass is 16.6. The van der Waals surface area contributed by atoms with Gasteiger partial charge in [0.15, 0.2) is 0 Å². The van der Waals surface area contributed by atoms with Crippen molar-refractivity contribution < 1.29 is 24.7 Å². The number of nitro groups is 1. The van der Waals surface area contributed by atoms with Gasteiger partial charge in [0, 0.05) is 6.42 Å². The van der Waals surface area contributed by atoms with E-state index in [1.54, 1.807) is 0 Å². The summed E-state index contributed by atoms with van der Waals surface area (Å²) in [5.41, 5.74) is 4.69. The molecule has 1 saturated heterocycles. The fourth-order valence-corrected chi connectivity index (χ4v) is 1.99. The number of imidazole rings is 1. The van der Waals surface area contributed by atoms with Gasteiger partial charge in [-0.05, 0) is 9.91 Å². The SMILES string of the molecule is NC(=O)c1c([N+](=O)[O-])ncn1C1CC(O)C(CO)O1. The average molecular weight is 272 g/mol. The molecule has 10 nitrogen and oxygen atoms in total. The number of hydrogen-bond acceptors (Lipinski definition) is 7. The fraction of sp³-hybridized carbons (Fsp3) is 0.556. The molecule has 104 valence electrons. The van der Waals surface area contributed by atoms with Gasteiger partial charge >= 0.3 is 5.82 Å². The number of nitrogens with two attached hydrogens (primary N) is 1. The summed E-state index contributed by atoms with van der Waals surface area (Å²) in [5, 5.41) is 29.3. The first-order valence-electron chi connectivity index (χ1n) is 5.41. The Hall–Kier alpha value is -2.04. The van der Waals surface area contributed by atoms with Crippen LogP contribution in [0.3, 0.4) is 0 Å². The Morgan fingerprint density at radius 1 is 1.74 bits per heavy atom. The smallest absolute Gasteiger partial charge is 0.394 e. The van der Waals surface area contributed by atoms with Gasteiger partial charge < -0.3 is 30.8 Å². The number of aliphatic hydroxyl groups excluding tert-OH is 2. The van der Waals surface area contributed by atoms with Crippen LogP contribution in [0.15, 0.2) is 6.33 Å². The molecule has 1 aromatic rings. The first-order valence-corrected chi connectivity index (χ1v) is 5.41. The monoisotopic (exact) mass is 272 g/mol. The maximum absolute atomic E-state index is 11.3. The molecule has 1 amide bonds. The zero-order valence-corrected chi connectivity index (χ0v) is 9.67. The predicted molar refractivity (Wildman–Crippen MR) is 59.0 cm³/mol. The van der Waals surface area contributed by atoms with Gasteiger partial charge in [0.05, 0.1) is 12.7 Å². The first kappa shape index (κ1) is 13.4. The molecule has 10 heteroatoms. The Kier molecular flexibility index (Phi) is 3.46. The predicted octanol–water partition coefficient (Wildman–Crippen LogP) is -1.47. The van der Waals surface area contributed by atoms with Crippen molar-refractivity contribution in [2.24, 2.45) is 5.73 Å². The lowest BCUT2D eigenvalue weighted by Crippen LogP contribution is -2.24. The molecular weight excluding hydrogens is 260 g/mol. The minimum atomic E-state index is -1.02. The highest BCUT2D eigenvalue weighted by Gasteiger charge is 2.38. The molecular formula is C9H12N4O6. The van der Waals surface area contributed by atoms with Gasteiger partial charge in [0.1, 0.15) is 12.3 Å². The zero-order chi connectivity index (χ0) is 14.2. The number of carbonyl (C=O) groups excluding carboxylic acids is 1. The van der Waals surface area contributed by atoms with Crippen molar-refractivity contribution in [3.05, 3.63) is 22.1 Å². The molecule has 4 N–H and O–H groups in total. The van der Waals surface area contributed by atoms with Gasteiger partial charge in [-0.25, -0.2) is 0 Å². The van der Waals surface area contributed by atoms with Crippen molar-refractivity contribution in [3.8, 4) is 0 Å². The topological polar surface area (TPSA) is 154 Å². The average Bonchev–Trinajstić information content (AvgIpc) is 2.91. The van der Waals surface area contributed by atoms with Crippen LogP contribution < -0.4 is 5.73 Å². The first-order chi connectivity index (χ1) is 8.95. The van der Waals surface area contributed by atoms with E-state index in [9.17, 15) is 20.0 Å². The maximum Gasteiger partial charge on any atom is 0.395 e. The number of rotatable bonds is 4. The van der Waals surface area contributed by atoms with Gasteiger partial charge in [-0.1, -0.05) is 0 Å². The maximum atomic E-state index is 11.3. The standard InChI is InChI=1S/C9H12N4O6/c10-8(16)7-9(13(17)18)11-3-12(7)6-1-4(15)5(2-14)19-6/h3-6,14-15H,1-2H2,(H2,10,16). The molecule has 0 radical (unpaired) electrons. The van der Waals surface area contributed by atoms with Gasteiger partial charge in [-0.3, -0.25) is 9.36 Å². The van der Waals surface area contributed by atoms with E-state index in [4.69, 9.17) is 15.6 Å². The van der Waals surface area contributed by atoms with Crippen LogP contribution in [0, 0.1) is 10.1 Å². The summed E-state index contributed by atoms with van der Waals surface area (Å²) in [6.45, 7) is -0.402. The van der Waals surface area contributed by atoms with Crippen LogP contribution in [0.4, 0.5) is 5.82 Å². The Morgan fingerprint density at radius 3 is 2.89 bits per heavy atom. The Labute approximate surface area is 106 Å². The molecule has 19 heavy (non-hydrogen) atoms. The largest absolute Gasteiger partial charge is 0.395 e. The number of aromatic nitrogens is 2. The highest BCUT2D eigenvalue weighted by molar-refractivity contribution is 5.94. The third kappa shape index (κ3) is 2.28. The molecule has 0 bridgehead atoms. The lowest BCUT2D eigenvalue weighted by Gasteiger charge is -2.13. The molecule has 1 fully saturated rings. The summed E-state index contributed by atoms with van der Waals surface area (Å²) in [6, 6.07) is 0. The zero-order valence-electron chi connectivity index (χ0n) is 9.67. The van der Waals surface area contributed by atoms with Crippen LogP contribution in [0.2, 0.25) is 0 Å². The summed E-state index contributed by atoms with van der Waals surface area (Å²) in [5.74, 6) is -1.69. The van der Waals surface area contributed by atoms with Crippen molar-refractivity contribution in [2.75, 3.05) is 6.61 Å². The number of primary amides is 1. The lowest BCUT2D eigenvalue weighted by molar-refractivity contribution is -0.389. The Balaban J connectivity index is 2.36. The normalized spacial score (nSPS) is 26.5. The summed E-state index contributed by atoms with van der Waals surface area (Å²) in [7, 11) is 0. The van der Waals surface area contributed by atoms with Crippen molar-refractivity contribution in [1.29, 1.82) is 0 Å². The van der Waals surface area contributed by atoms with Gasteiger partial charge in [0.2, 0.25) is 12.0 Å². The molecule has 0 aliphatic carbocycles. The minimum absolute atomic E-state index is 0.0685. The molecule has 2 rings (SSSR count). The van der Waals surface area contributed by atoms with E-state index < -0.39 is 47.4 Å². The van der Waals surface area contributed by atoms with E-state index in [1.807, 2.05) is 0 Å². The minimum Gasteiger partial charge on any atom is -0.394 e. The molecule has 3 unspecified atom stereocenters. The molecule has 3 atom stereocenters. The van der Waals surface area contributed by atoms with Crippen molar-refractivity contribution in [2.45, 2.75) is 24.9 Å². The van der Waals surface area contributed by atoms with Crippen LogP contribution in [0.5, 0.6) is 0 Å². The molecule has 1 aromatic heterocycles. The molecule has 0 aromatic carbocycles. The van der Waals surface area contributed by atoms with Gasteiger partial charge in [-0.2, -0.15) is 0 Å². The summed E-state index contributed by atoms with van der Waals surface area (Å²) >= 11 is 0. The van der Waals surface area contributed by atoms with Crippen LogP contribution in [0.25, 0.3) is 0 Å². The van der Waals surface area contributed by atoms with Crippen molar-refractivity contribution in [3.63, 3.8) is 0 Å².